The van der Waals surface area contributed by atoms with Gasteiger partial charge < -0.3 is 20.3 Å². The number of benzene rings is 2. The Hall–Kier alpha value is -2.95. The van der Waals surface area contributed by atoms with Crippen molar-refractivity contribution in [2.75, 3.05) is 54.9 Å². The maximum absolute atomic E-state index is 13.3. The van der Waals surface area contributed by atoms with E-state index in [1.54, 1.807) is 50.2 Å². The average Bonchev–Trinajstić information content (AvgIpc) is 2.79. The fourth-order valence-electron chi connectivity index (χ4n) is 3.73. The molecule has 0 radical (unpaired) electrons. The van der Waals surface area contributed by atoms with Gasteiger partial charge in [0.15, 0.2) is 0 Å². The number of nitrogens with one attached hydrogen (secondary N) is 2. The molecule has 1 saturated heterocycles. The zero-order chi connectivity index (χ0) is 24.0. The van der Waals surface area contributed by atoms with E-state index in [9.17, 15) is 18.0 Å². The van der Waals surface area contributed by atoms with Crippen molar-refractivity contribution in [2.45, 2.75) is 25.7 Å². The largest absolute Gasteiger partial charge is 0.378 e. The van der Waals surface area contributed by atoms with Gasteiger partial charge in [0.05, 0.1) is 23.7 Å². The molecule has 0 bridgehead atoms. The molecule has 1 fully saturated rings. The molecule has 2 aromatic rings. The van der Waals surface area contributed by atoms with Crippen molar-refractivity contribution in [1.82, 2.24) is 4.31 Å². The van der Waals surface area contributed by atoms with Gasteiger partial charge in [-0.1, -0.05) is 19.9 Å². The second kappa shape index (κ2) is 10.8. The summed E-state index contributed by atoms with van der Waals surface area (Å²) >= 11 is 0. The van der Waals surface area contributed by atoms with Crippen LogP contribution in [0.2, 0.25) is 0 Å². The lowest BCUT2D eigenvalue weighted by molar-refractivity contribution is -0.114. The molecule has 1 heterocycles. The van der Waals surface area contributed by atoms with Gasteiger partial charge in [-0.05, 0) is 36.4 Å². The molecule has 0 aromatic heterocycles. The van der Waals surface area contributed by atoms with E-state index < -0.39 is 15.9 Å². The first-order valence-electron chi connectivity index (χ1n) is 10.9. The van der Waals surface area contributed by atoms with E-state index in [0.29, 0.717) is 56.5 Å². The van der Waals surface area contributed by atoms with E-state index in [2.05, 4.69) is 10.6 Å². The second-order valence-corrected chi connectivity index (χ2v) is 9.52. The van der Waals surface area contributed by atoms with E-state index in [-0.39, 0.29) is 16.4 Å². The van der Waals surface area contributed by atoms with Gasteiger partial charge in [0, 0.05) is 50.2 Å². The Morgan fingerprint density at radius 1 is 1.00 bits per heavy atom. The number of carbonyl (C=O) groups is 2. The lowest BCUT2D eigenvalue weighted by Crippen LogP contribution is -2.37. The maximum Gasteiger partial charge on any atom is 0.257 e. The van der Waals surface area contributed by atoms with Crippen molar-refractivity contribution in [3.8, 4) is 0 Å². The van der Waals surface area contributed by atoms with E-state index in [4.69, 9.17) is 4.74 Å². The zero-order valence-corrected chi connectivity index (χ0v) is 19.9. The third-order valence-corrected chi connectivity index (χ3v) is 7.39. The summed E-state index contributed by atoms with van der Waals surface area (Å²) in [5.74, 6) is -0.657. The number of hydrogen-bond acceptors (Lipinski definition) is 6. The molecule has 2 aromatic carbocycles. The molecule has 0 spiro atoms. The van der Waals surface area contributed by atoms with E-state index >= 15 is 0 Å². The van der Waals surface area contributed by atoms with E-state index in [1.807, 2.05) is 4.90 Å². The summed E-state index contributed by atoms with van der Waals surface area (Å²) in [6, 6.07) is 11.4. The fourth-order valence-corrected chi connectivity index (χ4v) is 5.21. The van der Waals surface area contributed by atoms with Crippen molar-refractivity contribution < 1.29 is 22.7 Å². The highest BCUT2D eigenvalue weighted by Gasteiger charge is 2.26. The van der Waals surface area contributed by atoms with Crippen LogP contribution >= 0.6 is 0 Å². The second-order valence-electron chi connectivity index (χ2n) is 7.58. The third kappa shape index (κ3) is 5.89. The molecule has 2 N–H and O–H groups in total. The normalized spacial score (nSPS) is 14.2. The molecule has 178 valence electrons. The van der Waals surface area contributed by atoms with Crippen LogP contribution in [0, 0.1) is 0 Å². The number of sulfonamides is 1. The van der Waals surface area contributed by atoms with Crippen LogP contribution in [0.15, 0.2) is 47.4 Å². The van der Waals surface area contributed by atoms with Crippen molar-refractivity contribution in [2.24, 2.45) is 0 Å². The molecule has 10 heteroatoms. The van der Waals surface area contributed by atoms with E-state index in [0.717, 1.165) is 0 Å². The topological polar surface area (TPSA) is 108 Å². The van der Waals surface area contributed by atoms with Crippen molar-refractivity contribution in [3.05, 3.63) is 48.0 Å². The highest BCUT2D eigenvalue weighted by atomic mass is 32.2. The Morgan fingerprint density at radius 2 is 1.64 bits per heavy atom. The van der Waals surface area contributed by atoms with E-state index in [1.165, 1.54) is 17.3 Å². The first kappa shape index (κ1) is 24.7. The predicted molar refractivity (Wildman–Crippen MR) is 128 cm³/mol. The lowest BCUT2D eigenvalue weighted by Gasteiger charge is -2.30. The number of carbonyl (C=O) groups excluding carboxylic acids is 2. The number of rotatable bonds is 8. The van der Waals surface area contributed by atoms with Crippen molar-refractivity contribution >= 4 is 38.9 Å². The van der Waals surface area contributed by atoms with Crippen LogP contribution in [0.3, 0.4) is 0 Å². The lowest BCUT2D eigenvalue weighted by atomic mass is 10.1. The minimum absolute atomic E-state index is 0.0698. The highest BCUT2D eigenvalue weighted by molar-refractivity contribution is 7.89. The first-order chi connectivity index (χ1) is 15.8. The van der Waals surface area contributed by atoms with Crippen LogP contribution < -0.4 is 15.5 Å². The minimum Gasteiger partial charge on any atom is -0.378 e. The van der Waals surface area contributed by atoms with Gasteiger partial charge in [-0.15, -0.1) is 0 Å². The zero-order valence-electron chi connectivity index (χ0n) is 19.1. The molecular weight excluding hydrogens is 444 g/mol. The van der Waals surface area contributed by atoms with Gasteiger partial charge in [-0.3, -0.25) is 9.59 Å². The number of amides is 2. The van der Waals surface area contributed by atoms with Crippen LogP contribution in [-0.2, 0) is 19.6 Å². The van der Waals surface area contributed by atoms with Crippen LogP contribution in [0.4, 0.5) is 17.1 Å². The van der Waals surface area contributed by atoms with Gasteiger partial charge in [0.1, 0.15) is 0 Å². The molecule has 0 unspecified atom stereocenters. The predicted octanol–water partition coefficient (Wildman–Crippen LogP) is 2.76. The molecule has 1 aliphatic rings. The highest BCUT2D eigenvalue weighted by Crippen LogP contribution is 2.28. The summed E-state index contributed by atoms with van der Waals surface area (Å²) in [6.45, 7) is 7.88. The Morgan fingerprint density at radius 3 is 2.24 bits per heavy atom. The van der Waals surface area contributed by atoms with Gasteiger partial charge in [-0.25, -0.2) is 8.42 Å². The molecule has 2 amide bonds. The monoisotopic (exact) mass is 474 g/mol. The summed E-state index contributed by atoms with van der Waals surface area (Å²) < 4.78 is 32.9. The van der Waals surface area contributed by atoms with Crippen molar-refractivity contribution in [3.63, 3.8) is 0 Å². The van der Waals surface area contributed by atoms with Gasteiger partial charge in [0.25, 0.3) is 5.91 Å². The SMILES string of the molecule is CCN(CC)S(=O)(=O)c1ccc(N2CCOCC2)c(C(=O)Nc2cccc(NC(C)=O)c2)c1. The third-order valence-electron chi connectivity index (χ3n) is 5.35. The summed E-state index contributed by atoms with van der Waals surface area (Å²) in [6.07, 6.45) is 0. The molecule has 1 aliphatic heterocycles. The molecule has 0 aliphatic carbocycles. The van der Waals surface area contributed by atoms with Crippen LogP contribution in [0.5, 0.6) is 0 Å². The summed E-state index contributed by atoms with van der Waals surface area (Å²) in [7, 11) is -3.74. The Kier molecular flexibility index (Phi) is 8.06. The quantitative estimate of drug-likeness (QED) is 0.609. The minimum atomic E-state index is -3.74. The van der Waals surface area contributed by atoms with Crippen LogP contribution in [0.25, 0.3) is 0 Å². The van der Waals surface area contributed by atoms with Gasteiger partial charge >= 0.3 is 0 Å². The number of ether oxygens (including phenoxy) is 1. The fraction of sp³-hybridized carbons (Fsp3) is 0.391. The number of nitrogens with zero attached hydrogens (tertiary/aromatic N) is 2. The van der Waals surface area contributed by atoms with Gasteiger partial charge in [-0.2, -0.15) is 4.31 Å². The molecule has 0 atom stereocenters. The van der Waals surface area contributed by atoms with Crippen LogP contribution in [0.1, 0.15) is 31.1 Å². The average molecular weight is 475 g/mol. The molecule has 3 rings (SSSR count). The van der Waals surface area contributed by atoms with Crippen LogP contribution in [-0.4, -0.2) is 63.9 Å². The smallest absolute Gasteiger partial charge is 0.257 e. The molecule has 0 saturated carbocycles. The van der Waals surface area contributed by atoms with Crippen molar-refractivity contribution in [1.29, 1.82) is 0 Å². The molecule has 9 nitrogen and oxygen atoms in total. The Labute approximate surface area is 194 Å². The summed E-state index contributed by atoms with van der Waals surface area (Å²) in [5.41, 5.74) is 1.94. The molecular formula is C23H30N4O5S. The first-order valence-corrected chi connectivity index (χ1v) is 12.4. The Balaban J connectivity index is 1.99. The number of anilines is 3. The molecule has 33 heavy (non-hydrogen) atoms. The standard InChI is InChI=1S/C23H30N4O5S/c1-4-27(5-2)33(30,31)20-9-10-22(26-11-13-32-14-12-26)21(16-20)23(29)25-19-8-6-7-18(15-19)24-17(3)28/h6-10,15-16H,4-5,11-14H2,1-3H3,(H,24,28)(H,25,29). The summed E-state index contributed by atoms with van der Waals surface area (Å²) in [4.78, 5) is 26.8. The maximum atomic E-state index is 13.3. The number of hydrogen-bond donors (Lipinski definition) is 2. The number of morpholine rings is 1. The summed E-state index contributed by atoms with van der Waals surface area (Å²) in [5, 5.41) is 5.51. The Bertz CT molecular complexity index is 1110. The van der Waals surface area contributed by atoms with Gasteiger partial charge in [0.2, 0.25) is 15.9 Å².